The van der Waals surface area contributed by atoms with Crippen LogP contribution in [-0.2, 0) is 0 Å². The molecule has 1 N–H and O–H groups in total. The molecule has 5 heteroatoms. The van der Waals surface area contributed by atoms with E-state index in [1.807, 2.05) is 0 Å². The summed E-state index contributed by atoms with van der Waals surface area (Å²) in [6, 6.07) is 6.30. The summed E-state index contributed by atoms with van der Waals surface area (Å²) in [5.74, 6) is -0.475. The average molecular weight is 230 g/mol. The van der Waals surface area contributed by atoms with Gasteiger partial charge in [-0.3, -0.25) is 0 Å². The zero-order valence-electron chi connectivity index (χ0n) is 8.38. The second kappa shape index (κ2) is 3.52. The summed E-state index contributed by atoms with van der Waals surface area (Å²) in [5, 5.41) is 9.58. The van der Waals surface area contributed by atoms with Crippen LogP contribution in [0.25, 0.3) is 11.0 Å². The van der Waals surface area contributed by atoms with Crippen molar-refractivity contribution in [2.24, 2.45) is 0 Å². The Bertz CT molecular complexity index is 513. The van der Waals surface area contributed by atoms with Crippen molar-refractivity contribution in [1.82, 2.24) is 0 Å². The highest BCUT2D eigenvalue weighted by Gasteiger charge is 2.41. The van der Waals surface area contributed by atoms with Crippen LogP contribution in [0.5, 0.6) is 0 Å². The molecule has 16 heavy (non-hydrogen) atoms. The van der Waals surface area contributed by atoms with Crippen molar-refractivity contribution < 1.29 is 22.7 Å². The lowest BCUT2D eigenvalue weighted by Crippen LogP contribution is -2.19. The maximum Gasteiger partial charge on any atom is 0.421 e. The van der Waals surface area contributed by atoms with Gasteiger partial charge in [-0.2, -0.15) is 13.2 Å². The van der Waals surface area contributed by atoms with Gasteiger partial charge in [0, 0.05) is 5.39 Å². The number of rotatable bonds is 1. The molecule has 2 nitrogen and oxygen atoms in total. The number of aliphatic hydroxyl groups is 1. The number of furan rings is 1. The Morgan fingerprint density at radius 1 is 1.31 bits per heavy atom. The number of hydrogen-bond acceptors (Lipinski definition) is 2. The van der Waals surface area contributed by atoms with E-state index >= 15 is 0 Å². The first-order valence-electron chi connectivity index (χ1n) is 4.63. The summed E-state index contributed by atoms with van der Waals surface area (Å²) >= 11 is 0. The molecule has 0 amide bonds. The van der Waals surface area contributed by atoms with Crippen LogP contribution in [0.3, 0.4) is 0 Å². The topological polar surface area (TPSA) is 33.4 Å². The largest absolute Gasteiger partial charge is 0.458 e. The molecule has 0 unspecified atom stereocenters. The van der Waals surface area contributed by atoms with Crippen LogP contribution in [0.15, 0.2) is 28.7 Å². The van der Waals surface area contributed by atoms with Crippen LogP contribution in [0.1, 0.15) is 17.4 Å². The number of fused-ring (bicyclic) bond motifs is 1. The highest BCUT2D eigenvalue weighted by atomic mass is 19.4. The van der Waals surface area contributed by atoms with Gasteiger partial charge in [-0.25, -0.2) is 0 Å². The van der Waals surface area contributed by atoms with Crippen molar-refractivity contribution in [3.05, 3.63) is 35.6 Å². The number of aliphatic hydroxyl groups excluding tert-OH is 1. The van der Waals surface area contributed by atoms with E-state index in [1.54, 1.807) is 25.1 Å². The van der Waals surface area contributed by atoms with E-state index < -0.39 is 18.0 Å². The summed E-state index contributed by atoms with van der Waals surface area (Å²) in [5.41, 5.74) is 1.11. The number of para-hydroxylation sites is 1. The first kappa shape index (κ1) is 11.0. The van der Waals surface area contributed by atoms with Crippen LogP contribution >= 0.6 is 0 Å². The molecule has 0 radical (unpaired) electrons. The molecule has 86 valence electrons. The molecular weight excluding hydrogens is 221 g/mol. The molecule has 0 saturated heterocycles. The normalized spacial score (nSPS) is 14.3. The third-order valence-electron chi connectivity index (χ3n) is 2.34. The molecule has 1 aromatic heterocycles. The Kier molecular flexibility index (Phi) is 2.42. The van der Waals surface area contributed by atoms with E-state index in [4.69, 9.17) is 9.52 Å². The van der Waals surface area contributed by atoms with Crippen LogP contribution in [-0.4, -0.2) is 11.3 Å². The highest BCUT2D eigenvalue weighted by Crippen LogP contribution is 2.35. The Hall–Kier alpha value is -1.49. The molecule has 2 aromatic rings. The minimum atomic E-state index is -4.71. The number of aryl methyl sites for hydroxylation is 1. The van der Waals surface area contributed by atoms with Crippen molar-refractivity contribution in [1.29, 1.82) is 0 Å². The van der Waals surface area contributed by atoms with Crippen LogP contribution in [0.2, 0.25) is 0 Å². The minimum Gasteiger partial charge on any atom is -0.458 e. The van der Waals surface area contributed by atoms with Gasteiger partial charge in [-0.05, 0) is 18.6 Å². The zero-order chi connectivity index (χ0) is 11.9. The molecule has 1 heterocycles. The fourth-order valence-corrected chi connectivity index (χ4v) is 1.52. The summed E-state index contributed by atoms with van der Waals surface area (Å²) in [6.45, 7) is 1.73. The molecule has 0 aliphatic heterocycles. The summed E-state index contributed by atoms with van der Waals surface area (Å²) in [4.78, 5) is 0. The Labute approximate surface area is 89.3 Å². The number of alkyl halides is 3. The summed E-state index contributed by atoms with van der Waals surface area (Å²) in [6.07, 6.45) is -7.28. The van der Waals surface area contributed by atoms with E-state index in [1.165, 1.54) is 6.07 Å². The average Bonchev–Trinajstić information content (AvgIpc) is 2.60. The molecular formula is C11H9F3O2. The number of benzene rings is 1. The van der Waals surface area contributed by atoms with Gasteiger partial charge in [0.1, 0.15) is 11.3 Å². The van der Waals surface area contributed by atoms with Gasteiger partial charge in [-0.1, -0.05) is 18.2 Å². The molecule has 0 spiro atoms. The Balaban J connectivity index is 2.52. The second-order valence-electron chi connectivity index (χ2n) is 3.59. The van der Waals surface area contributed by atoms with Crippen molar-refractivity contribution >= 4 is 11.0 Å². The van der Waals surface area contributed by atoms with Crippen LogP contribution < -0.4 is 0 Å². The van der Waals surface area contributed by atoms with Gasteiger partial charge in [0.05, 0.1) is 0 Å². The standard InChI is InChI=1S/C11H9F3O2/c1-6-3-2-4-7-5-8(16-9(6)7)10(15)11(12,13)14/h2-5,10,15H,1H3/t10-/m1/s1. The molecule has 1 atom stereocenters. The van der Waals surface area contributed by atoms with E-state index in [9.17, 15) is 13.2 Å². The molecule has 0 saturated carbocycles. The van der Waals surface area contributed by atoms with Crippen molar-refractivity contribution in [3.63, 3.8) is 0 Å². The molecule has 0 aliphatic carbocycles. The third-order valence-corrected chi connectivity index (χ3v) is 2.34. The zero-order valence-corrected chi connectivity index (χ0v) is 8.38. The van der Waals surface area contributed by atoms with E-state index in [2.05, 4.69) is 0 Å². The highest BCUT2D eigenvalue weighted by molar-refractivity contribution is 5.80. The van der Waals surface area contributed by atoms with Gasteiger partial charge in [0.2, 0.25) is 6.10 Å². The van der Waals surface area contributed by atoms with Crippen LogP contribution in [0.4, 0.5) is 13.2 Å². The maximum atomic E-state index is 12.3. The summed E-state index contributed by atoms with van der Waals surface area (Å²) < 4.78 is 41.8. The lowest BCUT2D eigenvalue weighted by Gasteiger charge is -2.10. The van der Waals surface area contributed by atoms with E-state index in [0.29, 0.717) is 11.0 Å². The second-order valence-corrected chi connectivity index (χ2v) is 3.59. The lowest BCUT2D eigenvalue weighted by atomic mass is 10.1. The molecule has 0 bridgehead atoms. The van der Waals surface area contributed by atoms with Gasteiger partial charge < -0.3 is 9.52 Å². The first-order chi connectivity index (χ1) is 7.39. The van der Waals surface area contributed by atoms with Crippen LogP contribution in [0, 0.1) is 6.92 Å². The molecule has 2 rings (SSSR count). The van der Waals surface area contributed by atoms with Gasteiger partial charge >= 0.3 is 6.18 Å². The Morgan fingerprint density at radius 3 is 2.56 bits per heavy atom. The smallest absolute Gasteiger partial charge is 0.421 e. The van der Waals surface area contributed by atoms with Gasteiger partial charge in [0.25, 0.3) is 0 Å². The quantitative estimate of drug-likeness (QED) is 0.815. The van der Waals surface area contributed by atoms with Crippen molar-refractivity contribution in [2.75, 3.05) is 0 Å². The molecule has 1 aromatic carbocycles. The van der Waals surface area contributed by atoms with Gasteiger partial charge in [0.15, 0.2) is 0 Å². The molecule has 0 aliphatic rings. The molecule has 0 fully saturated rings. The SMILES string of the molecule is Cc1cccc2cc([C@@H](O)C(F)(F)F)oc12. The monoisotopic (exact) mass is 230 g/mol. The van der Waals surface area contributed by atoms with Crippen molar-refractivity contribution in [3.8, 4) is 0 Å². The first-order valence-corrected chi connectivity index (χ1v) is 4.63. The van der Waals surface area contributed by atoms with Gasteiger partial charge in [-0.15, -0.1) is 0 Å². The fraction of sp³-hybridized carbons (Fsp3) is 0.273. The predicted octanol–water partition coefficient (Wildman–Crippen LogP) is 3.34. The van der Waals surface area contributed by atoms with E-state index in [-0.39, 0.29) is 0 Å². The predicted molar refractivity (Wildman–Crippen MR) is 52.0 cm³/mol. The lowest BCUT2D eigenvalue weighted by molar-refractivity contribution is -0.211. The fourth-order valence-electron chi connectivity index (χ4n) is 1.52. The number of hydrogen-bond donors (Lipinski definition) is 1. The maximum absolute atomic E-state index is 12.3. The van der Waals surface area contributed by atoms with Crippen molar-refractivity contribution in [2.45, 2.75) is 19.2 Å². The number of halogens is 3. The summed E-state index contributed by atoms with van der Waals surface area (Å²) in [7, 11) is 0. The Morgan fingerprint density at radius 2 is 2.00 bits per heavy atom. The third kappa shape index (κ3) is 1.78. The van der Waals surface area contributed by atoms with E-state index in [0.717, 1.165) is 5.56 Å². The minimum absolute atomic E-state index is 0.376.